The third-order valence-electron chi connectivity index (χ3n) is 8.80. The smallest absolute Gasteiger partial charge is 0.335 e. The van der Waals surface area contributed by atoms with Gasteiger partial charge in [-0.2, -0.15) is 0 Å². The van der Waals surface area contributed by atoms with E-state index in [0.717, 1.165) is 38.8 Å². The van der Waals surface area contributed by atoms with Gasteiger partial charge in [0, 0.05) is 50.9 Å². The Labute approximate surface area is 302 Å². The molecular weight excluding hydrogens is 677 g/mol. The van der Waals surface area contributed by atoms with Crippen LogP contribution in [0.4, 0.5) is 11.4 Å². The van der Waals surface area contributed by atoms with Gasteiger partial charge in [0.25, 0.3) is 11.8 Å². The molecule has 7 rings (SSSR count). The maximum atomic E-state index is 13.9. The number of thioether (sulfide) groups is 1. The van der Waals surface area contributed by atoms with Gasteiger partial charge in [0.15, 0.2) is 0 Å². The zero-order valence-electron chi connectivity index (χ0n) is 27.9. The highest BCUT2D eigenvalue weighted by molar-refractivity contribution is 8.00. The number of benzene rings is 5. The number of hydrogen-bond donors (Lipinski definition) is 3. The second-order valence-corrected chi connectivity index (χ2v) is 13.4. The van der Waals surface area contributed by atoms with Gasteiger partial charge in [0.2, 0.25) is 11.8 Å². The fraction of sp³-hybridized carbons (Fsp3) is 0.0976. The van der Waals surface area contributed by atoms with Gasteiger partial charge in [-0.25, -0.2) is 9.69 Å². The first-order valence-electron chi connectivity index (χ1n) is 16.6. The van der Waals surface area contributed by atoms with Crippen LogP contribution in [0.3, 0.4) is 0 Å². The number of carboxylic acid groups (broad SMARTS) is 1. The highest BCUT2D eigenvalue weighted by Gasteiger charge is 2.40. The van der Waals surface area contributed by atoms with Crippen LogP contribution in [0.2, 0.25) is 0 Å². The van der Waals surface area contributed by atoms with E-state index in [9.17, 15) is 29.1 Å². The standard InChI is InChI=1S/C41H32N4O6S/c1-2-44-34-14-7-6-13-31(34)32-21-25(15-20-35(32)44)22-33(43-38(47)26-9-4-3-5-10-26)39(48)42-28-11-8-12-30(23-28)52-36-24-37(46)45(40(36)49)29-18-16-27(17-19-29)41(50)51/h3-23,36H,2,24H2,1H3,(H,42,48)(H,43,47)(H,50,51)/b33-22-/t36-/m0/s1. The first kappa shape index (κ1) is 34.0. The molecule has 0 aliphatic carbocycles. The van der Waals surface area contributed by atoms with Crippen LogP contribution < -0.4 is 15.5 Å². The Kier molecular flexibility index (Phi) is 9.43. The monoisotopic (exact) mass is 708 g/mol. The molecule has 1 aliphatic heterocycles. The van der Waals surface area contributed by atoms with Gasteiger partial charge in [-0.15, -0.1) is 11.8 Å². The Morgan fingerprint density at radius 2 is 1.54 bits per heavy atom. The van der Waals surface area contributed by atoms with E-state index < -0.39 is 34.8 Å². The number of nitrogens with one attached hydrogen (secondary N) is 2. The molecule has 2 heterocycles. The van der Waals surface area contributed by atoms with Gasteiger partial charge in [-0.3, -0.25) is 19.2 Å². The quantitative estimate of drug-likeness (QED) is 0.100. The molecule has 0 unspecified atom stereocenters. The summed E-state index contributed by atoms with van der Waals surface area (Å²) in [5, 5.41) is 16.3. The van der Waals surface area contributed by atoms with E-state index in [-0.39, 0.29) is 17.7 Å². The first-order chi connectivity index (χ1) is 25.2. The summed E-state index contributed by atoms with van der Waals surface area (Å²) in [5.41, 5.74) is 4.10. The zero-order chi connectivity index (χ0) is 36.4. The van der Waals surface area contributed by atoms with Gasteiger partial charge in [0.05, 0.1) is 16.5 Å². The maximum Gasteiger partial charge on any atom is 0.335 e. The van der Waals surface area contributed by atoms with Crippen molar-refractivity contribution in [1.82, 2.24) is 9.88 Å². The Bertz CT molecular complexity index is 2420. The van der Waals surface area contributed by atoms with Gasteiger partial charge in [-0.1, -0.05) is 48.5 Å². The van der Waals surface area contributed by atoms with E-state index in [1.54, 1.807) is 60.7 Å². The number of aromatic carboxylic acids is 1. The molecule has 0 radical (unpaired) electrons. The third kappa shape index (κ3) is 6.81. The predicted molar refractivity (Wildman–Crippen MR) is 202 cm³/mol. The summed E-state index contributed by atoms with van der Waals surface area (Å²) in [7, 11) is 0. The highest BCUT2D eigenvalue weighted by atomic mass is 32.2. The van der Waals surface area contributed by atoms with Crippen molar-refractivity contribution in [2.75, 3.05) is 10.2 Å². The molecule has 258 valence electrons. The van der Waals surface area contributed by atoms with Crippen LogP contribution in [-0.4, -0.2) is 44.5 Å². The Morgan fingerprint density at radius 3 is 2.29 bits per heavy atom. The van der Waals surface area contributed by atoms with Crippen LogP contribution >= 0.6 is 11.8 Å². The predicted octanol–water partition coefficient (Wildman–Crippen LogP) is 7.35. The Hall–Kier alpha value is -6.46. The molecule has 1 saturated heterocycles. The number of fused-ring (bicyclic) bond motifs is 3. The average molecular weight is 709 g/mol. The molecule has 0 bridgehead atoms. The second-order valence-electron chi connectivity index (χ2n) is 12.1. The number of aryl methyl sites for hydroxylation is 1. The van der Waals surface area contributed by atoms with Crippen molar-refractivity contribution in [2.45, 2.75) is 30.0 Å². The molecule has 10 nitrogen and oxygen atoms in total. The average Bonchev–Trinajstić information content (AvgIpc) is 3.62. The lowest BCUT2D eigenvalue weighted by molar-refractivity contribution is -0.121. The molecular formula is C41H32N4O6S. The Morgan fingerprint density at radius 1 is 0.808 bits per heavy atom. The van der Waals surface area contributed by atoms with Crippen molar-refractivity contribution in [3.63, 3.8) is 0 Å². The van der Waals surface area contributed by atoms with E-state index in [2.05, 4.69) is 34.3 Å². The van der Waals surface area contributed by atoms with Gasteiger partial charge < -0.3 is 20.3 Å². The summed E-state index contributed by atoms with van der Waals surface area (Å²) < 4.78 is 2.24. The van der Waals surface area contributed by atoms with Crippen molar-refractivity contribution in [3.05, 3.63) is 144 Å². The topological polar surface area (TPSA) is 138 Å². The molecule has 5 aromatic carbocycles. The van der Waals surface area contributed by atoms with Gasteiger partial charge in [0.1, 0.15) is 5.70 Å². The number of imide groups is 1. The number of rotatable bonds is 10. The van der Waals surface area contributed by atoms with E-state index in [4.69, 9.17) is 0 Å². The molecule has 1 fully saturated rings. The summed E-state index contributed by atoms with van der Waals surface area (Å²) in [5.74, 6) is -2.91. The largest absolute Gasteiger partial charge is 0.478 e. The van der Waals surface area contributed by atoms with Crippen LogP contribution in [0, 0.1) is 0 Å². The number of anilines is 2. The van der Waals surface area contributed by atoms with Crippen LogP contribution in [0.15, 0.2) is 132 Å². The molecule has 11 heteroatoms. The minimum Gasteiger partial charge on any atom is -0.478 e. The number of aromatic nitrogens is 1. The molecule has 6 aromatic rings. The molecule has 1 aromatic heterocycles. The summed E-state index contributed by atoms with van der Waals surface area (Å²) in [6, 6.07) is 35.2. The minimum absolute atomic E-state index is 0.0339. The number of nitrogens with zero attached hydrogens (tertiary/aromatic N) is 2. The van der Waals surface area contributed by atoms with E-state index in [0.29, 0.717) is 21.8 Å². The number of amides is 4. The SMILES string of the molecule is CCn1c2ccccc2c2cc(/C=C(\NC(=O)c3ccccc3)C(=O)Nc3cccc(S[C@H]4CC(=O)N(c5ccc(C(=O)O)cc5)C4=O)c3)ccc21. The van der Waals surface area contributed by atoms with Crippen LogP contribution in [0.1, 0.15) is 39.6 Å². The summed E-state index contributed by atoms with van der Waals surface area (Å²) >= 11 is 1.19. The number of carbonyl (C=O) groups excluding carboxylic acids is 4. The minimum atomic E-state index is -1.11. The third-order valence-corrected chi connectivity index (χ3v) is 9.98. The summed E-state index contributed by atoms with van der Waals surface area (Å²) in [6.45, 7) is 2.89. The van der Waals surface area contributed by atoms with Gasteiger partial charge in [-0.05, 0) is 91.4 Å². The number of carboxylic acids is 1. The molecule has 0 saturated carbocycles. The van der Waals surface area contributed by atoms with Crippen LogP contribution in [-0.2, 0) is 20.9 Å². The lowest BCUT2D eigenvalue weighted by Gasteiger charge is -2.15. The normalized spacial score (nSPS) is 14.6. The van der Waals surface area contributed by atoms with E-state index in [1.165, 1.54) is 36.0 Å². The molecule has 0 spiro atoms. The number of carbonyl (C=O) groups is 5. The van der Waals surface area contributed by atoms with Crippen molar-refractivity contribution >= 4 is 80.6 Å². The summed E-state index contributed by atoms with van der Waals surface area (Å²) in [4.78, 5) is 66.3. The number of hydrogen-bond acceptors (Lipinski definition) is 6. The number of para-hydroxylation sites is 1. The Balaban J connectivity index is 1.14. The van der Waals surface area contributed by atoms with E-state index >= 15 is 0 Å². The van der Waals surface area contributed by atoms with Crippen molar-refractivity contribution < 1.29 is 29.1 Å². The zero-order valence-corrected chi connectivity index (χ0v) is 28.7. The molecule has 1 aliphatic rings. The van der Waals surface area contributed by atoms with Crippen molar-refractivity contribution in [1.29, 1.82) is 0 Å². The fourth-order valence-electron chi connectivity index (χ4n) is 6.34. The van der Waals surface area contributed by atoms with Crippen molar-refractivity contribution in [3.8, 4) is 0 Å². The molecule has 4 amide bonds. The maximum absolute atomic E-state index is 13.9. The highest BCUT2D eigenvalue weighted by Crippen LogP contribution is 2.35. The molecule has 3 N–H and O–H groups in total. The van der Waals surface area contributed by atoms with E-state index in [1.807, 2.05) is 30.3 Å². The molecule has 1 atom stereocenters. The summed E-state index contributed by atoms with van der Waals surface area (Å²) in [6.07, 6.45) is 1.60. The van der Waals surface area contributed by atoms with Crippen LogP contribution in [0.25, 0.3) is 27.9 Å². The first-order valence-corrected chi connectivity index (χ1v) is 17.5. The van der Waals surface area contributed by atoms with Crippen LogP contribution in [0.5, 0.6) is 0 Å². The van der Waals surface area contributed by atoms with Gasteiger partial charge >= 0.3 is 5.97 Å². The van der Waals surface area contributed by atoms with Crippen molar-refractivity contribution in [2.24, 2.45) is 0 Å². The lowest BCUT2D eigenvalue weighted by Crippen LogP contribution is -2.31. The second kappa shape index (κ2) is 14.4. The fourth-order valence-corrected chi connectivity index (χ4v) is 7.45. The lowest BCUT2D eigenvalue weighted by atomic mass is 10.1. The molecule has 52 heavy (non-hydrogen) atoms.